The highest BCUT2D eigenvalue weighted by atomic mass is 19.4. The standard InChI is InChI=1S/C23H24F7NO/c1-31-12-14-2-7-21(20(10-14)16-3-5-19(24)6-4-16)32-13-15-8-17(22(25,26)27)11-18(9-15)23(28,29)30/h3-6,8-9,11,14,20-21,31H,2,7,10,12-13H2,1H3/t14-,20?,21+/m1/s1. The van der Waals surface area contributed by atoms with E-state index in [4.69, 9.17) is 4.74 Å². The van der Waals surface area contributed by atoms with Gasteiger partial charge in [-0.3, -0.25) is 0 Å². The van der Waals surface area contributed by atoms with Gasteiger partial charge in [0, 0.05) is 5.92 Å². The molecule has 0 spiro atoms. The summed E-state index contributed by atoms with van der Waals surface area (Å²) in [4.78, 5) is 0. The van der Waals surface area contributed by atoms with Crippen molar-refractivity contribution >= 4 is 0 Å². The Bertz CT molecular complexity index is 860. The van der Waals surface area contributed by atoms with Gasteiger partial charge in [0.25, 0.3) is 0 Å². The fourth-order valence-electron chi connectivity index (χ4n) is 4.27. The lowest BCUT2D eigenvalue weighted by atomic mass is 9.76. The summed E-state index contributed by atoms with van der Waals surface area (Å²) in [6, 6.07) is 7.43. The topological polar surface area (TPSA) is 21.3 Å². The van der Waals surface area contributed by atoms with Gasteiger partial charge in [0.15, 0.2) is 0 Å². The molecular formula is C23H24F7NO. The van der Waals surface area contributed by atoms with Gasteiger partial charge in [-0.25, -0.2) is 4.39 Å². The molecule has 2 aromatic carbocycles. The molecule has 2 aromatic rings. The van der Waals surface area contributed by atoms with Crippen LogP contribution < -0.4 is 5.32 Å². The minimum Gasteiger partial charge on any atom is -0.373 e. The van der Waals surface area contributed by atoms with Crippen LogP contribution in [0.5, 0.6) is 0 Å². The van der Waals surface area contributed by atoms with Gasteiger partial charge >= 0.3 is 12.4 Å². The number of hydrogen-bond acceptors (Lipinski definition) is 2. The molecule has 1 N–H and O–H groups in total. The first kappa shape index (κ1) is 24.5. The van der Waals surface area contributed by atoms with Crippen molar-refractivity contribution < 1.29 is 35.5 Å². The van der Waals surface area contributed by atoms with Gasteiger partial charge in [-0.05, 0) is 80.2 Å². The molecule has 1 aliphatic rings. The first-order valence-corrected chi connectivity index (χ1v) is 10.3. The van der Waals surface area contributed by atoms with Gasteiger partial charge in [0.1, 0.15) is 5.82 Å². The number of rotatable bonds is 6. The van der Waals surface area contributed by atoms with Gasteiger partial charge in [-0.15, -0.1) is 0 Å². The highest BCUT2D eigenvalue weighted by molar-refractivity contribution is 5.33. The second-order valence-corrected chi connectivity index (χ2v) is 8.16. The molecule has 3 atom stereocenters. The van der Waals surface area contributed by atoms with E-state index < -0.39 is 35.4 Å². The first-order valence-electron chi connectivity index (χ1n) is 10.3. The van der Waals surface area contributed by atoms with E-state index in [1.54, 1.807) is 12.1 Å². The normalized spacial score (nSPS) is 22.2. The van der Waals surface area contributed by atoms with E-state index in [0.29, 0.717) is 30.9 Å². The summed E-state index contributed by atoms with van der Waals surface area (Å²) in [5, 5.41) is 3.12. The molecule has 1 aliphatic carbocycles. The largest absolute Gasteiger partial charge is 0.416 e. The Hall–Kier alpha value is -2.13. The van der Waals surface area contributed by atoms with Crippen molar-refractivity contribution in [2.24, 2.45) is 5.92 Å². The third-order valence-corrected chi connectivity index (χ3v) is 5.80. The first-order chi connectivity index (χ1) is 15.0. The molecular weight excluding hydrogens is 439 g/mol. The zero-order valence-electron chi connectivity index (χ0n) is 17.4. The molecule has 1 fully saturated rings. The molecule has 0 saturated heterocycles. The summed E-state index contributed by atoms with van der Waals surface area (Å²) < 4.78 is 97.9. The fourth-order valence-corrected chi connectivity index (χ4v) is 4.27. The van der Waals surface area contributed by atoms with Crippen molar-refractivity contribution in [2.45, 2.75) is 50.2 Å². The molecule has 0 aliphatic heterocycles. The second-order valence-electron chi connectivity index (χ2n) is 8.16. The van der Waals surface area contributed by atoms with Crippen molar-refractivity contribution in [2.75, 3.05) is 13.6 Å². The molecule has 1 unspecified atom stereocenters. The summed E-state index contributed by atoms with van der Waals surface area (Å²) in [7, 11) is 1.83. The van der Waals surface area contributed by atoms with Crippen LogP contribution in [0, 0.1) is 11.7 Å². The van der Waals surface area contributed by atoms with E-state index in [-0.39, 0.29) is 24.2 Å². The van der Waals surface area contributed by atoms with Gasteiger partial charge in [-0.2, -0.15) is 26.3 Å². The molecule has 0 amide bonds. The Morgan fingerprint density at radius 3 is 2.03 bits per heavy atom. The quantitative estimate of drug-likeness (QED) is 0.491. The van der Waals surface area contributed by atoms with Crippen molar-refractivity contribution in [3.63, 3.8) is 0 Å². The van der Waals surface area contributed by atoms with Gasteiger partial charge in [-0.1, -0.05) is 12.1 Å². The van der Waals surface area contributed by atoms with Crippen LogP contribution in [0.3, 0.4) is 0 Å². The summed E-state index contributed by atoms with van der Waals surface area (Å²) in [6.07, 6.45) is -8.10. The third-order valence-electron chi connectivity index (χ3n) is 5.80. The van der Waals surface area contributed by atoms with Crippen molar-refractivity contribution in [1.29, 1.82) is 0 Å². The summed E-state index contributed by atoms with van der Waals surface area (Å²) in [5.74, 6) is -0.201. The molecule has 32 heavy (non-hydrogen) atoms. The average molecular weight is 463 g/mol. The van der Waals surface area contributed by atoms with Crippen LogP contribution in [0.25, 0.3) is 0 Å². The Morgan fingerprint density at radius 1 is 0.906 bits per heavy atom. The van der Waals surface area contributed by atoms with Crippen LogP contribution in [0.4, 0.5) is 30.7 Å². The Morgan fingerprint density at radius 2 is 1.50 bits per heavy atom. The lowest BCUT2D eigenvalue weighted by molar-refractivity contribution is -0.143. The fraction of sp³-hybridized carbons (Fsp3) is 0.478. The molecule has 0 bridgehead atoms. The smallest absolute Gasteiger partial charge is 0.373 e. The highest BCUT2D eigenvalue weighted by Crippen LogP contribution is 2.40. The maximum atomic E-state index is 13.4. The van der Waals surface area contributed by atoms with Crippen LogP contribution in [-0.2, 0) is 23.7 Å². The zero-order valence-corrected chi connectivity index (χ0v) is 17.4. The Balaban J connectivity index is 1.82. The molecule has 2 nitrogen and oxygen atoms in total. The van der Waals surface area contributed by atoms with Gasteiger partial charge in [0.2, 0.25) is 0 Å². The number of benzene rings is 2. The number of halogens is 7. The summed E-state index contributed by atoms with van der Waals surface area (Å²) >= 11 is 0. The lowest BCUT2D eigenvalue weighted by Crippen LogP contribution is -2.33. The SMILES string of the molecule is CNC[C@@H]1CC[C@H](OCc2cc(C(F)(F)F)cc(C(F)(F)F)c2)C(c2ccc(F)cc2)C1. The predicted molar refractivity (Wildman–Crippen MR) is 105 cm³/mol. The van der Waals surface area contributed by atoms with Gasteiger partial charge in [0.05, 0.1) is 23.8 Å². The van der Waals surface area contributed by atoms with E-state index in [1.165, 1.54) is 12.1 Å². The van der Waals surface area contributed by atoms with E-state index >= 15 is 0 Å². The number of alkyl halides is 6. The van der Waals surface area contributed by atoms with Crippen LogP contribution in [0.15, 0.2) is 42.5 Å². The molecule has 0 aromatic heterocycles. The molecule has 0 radical (unpaired) electrons. The number of hydrogen-bond donors (Lipinski definition) is 1. The molecule has 176 valence electrons. The number of ether oxygens (including phenoxy) is 1. The molecule has 3 rings (SSSR count). The summed E-state index contributed by atoms with van der Waals surface area (Å²) in [6.45, 7) is 0.388. The molecule has 9 heteroatoms. The second kappa shape index (κ2) is 9.79. The Kier molecular flexibility index (Phi) is 7.50. The van der Waals surface area contributed by atoms with Crippen molar-refractivity contribution in [3.8, 4) is 0 Å². The monoisotopic (exact) mass is 463 g/mol. The Labute approximate surface area is 181 Å². The minimum atomic E-state index is -4.90. The van der Waals surface area contributed by atoms with E-state index in [9.17, 15) is 30.7 Å². The molecule has 0 heterocycles. The van der Waals surface area contributed by atoms with Crippen LogP contribution in [-0.4, -0.2) is 19.7 Å². The van der Waals surface area contributed by atoms with E-state index in [1.807, 2.05) is 7.05 Å². The highest BCUT2D eigenvalue weighted by Gasteiger charge is 2.37. The number of nitrogens with one attached hydrogen (secondary N) is 1. The third kappa shape index (κ3) is 6.22. The predicted octanol–water partition coefficient (Wildman–Crippen LogP) is 6.55. The van der Waals surface area contributed by atoms with Crippen LogP contribution >= 0.6 is 0 Å². The maximum absolute atomic E-state index is 13.4. The van der Waals surface area contributed by atoms with E-state index in [0.717, 1.165) is 18.5 Å². The van der Waals surface area contributed by atoms with Crippen molar-refractivity contribution in [1.82, 2.24) is 5.32 Å². The van der Waals surface area contributed by atoms with Crippen LogP contribution in [0.2, 0.25) is 0 Å². The minimum absolute atomic E-state index is 0.105. The van der Waals surface area contributed by atoms with Crippen molar-refractivity contribution in [3.05, 3.63) is 70.5 Å². The average Bonchev–Trinajstić information content (AvgIpc) is 2.72. The summed E-state index contributed by atoms with van der Waals surface area (Å²) in [5.41, 5.74) is -2.09. The molecule has 1 saturated carbocycles. The lowest BCUT2D eigenvalue weighted by Gasteiger charge is -2.36. The van der Waals surface area contributed by atoms with Crippen LogP contribution in [0.1, 0.15) is 47.4 Å². The van der Waals surface area contributed by atoms with Gasteiger partial charge < -0.3 is 10.1 Å². The maximum Gasteiger partial charge on any atom is 0.416 e. The van der Waals surface area contributed by atoms with E-state index in [2.05, 4.69) is 5.32 Å². The zero-order chi connectivity index (χ0) is 23.5.